The van der Waals surface area contributed by atoms with Crippen LogP contribution in [-0.4, -0.2) is 41.3 Å². The molecule has 15 heavy (non-hydrogen) atoms. The lowest BCUT2D eigenvalue weighted by molar-refractivity contribution is 0.123. The van der Waals surface area contributed by atoms with Crippen molar-refractivity contribution in [1.82, 2.24) is 0 Å². The summed E-state index contributed by atoms with van der Waals surface area (Å²) in [6, 6.07) is 0.885. The topological polar surface area (TPSA) is 47.9 Å². The van der Waals surface area contributed by atoms with Gasteiger partial charge in [-0.3, -0.25) is 4.70 Å². The van der Waals surface area contributed by atoms with Crippen molar-refractivity contribution in [3.8, 4) is 0 Å². The third-order valence-corrected chi connectivity index (χ3v) is 4.47. The maximum atomic E-state index is 8.06. The molecule has 4 nitrogen and oxygen atoms in total. The van der Waals surface area contributed by atoms with E-state index in [2.05, 4.69) is 6.92 Å². The molecule has 0 aromatic heterocycles. The van der Waals surface area contributed by atoms with Crippen molar-refractivity contribution in [2.45, 2.75) is 39.3 Å². The van der Waals surface area contributed by atoms with Crippen LogP contribution in [0.4, 0.5) is 4.70 Å². The van der Waals surface area contributed by atoms with Gasteiger partial charge in [0.2, 0.25) is 0 Å². The van der Waals surface area contributed by atoms with E-state index < -0.39 is 8.80 Å². The van der Waals surface area contributed by atoms with E-state index >= 15 is 0 Å². The highest BCUT2D eigenvalue weighted by molar-refractivity contribution is 6.60. The second-order valence-electron chi connectivity index (χ2n) is 3.14. The summed E-state index contributed by atoms with van der Waals surface area (Å²) >= 11 is 0. The Morgan fingerprint density at radius 2 is 1.33 bits per heavy atom. The standard InChI is InChI=1S/C6H16O3Si.C3H8O.FH/c1-5-6-10(7-2,8-3)9-4;1-3(2)4;/h5-6H2,1-4H3;3-4H,1-2H3;1H. The van der Waals surface area contributed by atoms with Crippen LogP contribution >= 0.6 is 0 Å². The van der Waals surface area contributed by atoms with Crippen molar-refractivity contribution in [2.24, 2.45) is 0 Å². The van der Waals surface area contributed by atoms with E-state index in [9.17, 15) is 0 Å². The van der Waals surface area contributed by atoms with Gasteiger partial charge in [0.1, 0.15) is 0 Å². The monoisotopic (exact) mass is 244 g/mol. The van der Waals surface area contributed by atoms with Gasteiger partial charge in [0.05, 0.1) is 0 Å². The van der Waals surface area contributed by atoms with Crippen molar-refractivity contribution in [3.05, 3.63) is 0 Å². The minimum Gasteiger partial charge on any atom is -0.394 e. The summed E-state index contributed by atoms with van der Waals surface area (Å²) in [6.07, 6.45) is 0.863. The van der Waals surface area contributed by atoms with Crippen molar-refractivity contribution >= 4 is 8.80 Å². The van der Waals surface area contributed by atoms with Crippen LogP contribution in [0.1, 0.15) is 27.2 Å². The summed E-state index contributed by atoms with van der Waals surface area (Å²) in [5, 5.41) is 8.06. The summed E-state index contributed by atoms with van der Waals surface area (Å²) in [5.41, 5.74) is 0. The first-order chi connectivity index (χ1) is 6.47. The molecule has 0 unspecified atom stereocenters. The molecular weight excluding hydrogens is 219 g/mol. The SMILES string of the molecule is CC(C)O.CCC[Si](OC)(OC)OC.F. The van der Waals surface area contributed by atoms with Crippen molar-refractivity contribution < 1.29 is 23.1 Å². The van der Waals surface area contributed by atoms with Gasteiger partial charge in [-0.05, 0) is 13.8 Å². The van der Waals surface area contributed by atoms with Crippen LogP contribution in [0.15, 0.2) is 0 Å². The minimum absolute atomic E-state index is 0. The second kappa shape index (κ2) is 12.1. The fraction of sp³-hybridized carbons (Fsp3) is 1.00. The first kappa shape index (κ1) is 20.4. The van der Waals surface area contributed by atoms with Crippen molar-refractivity contribution in [3.63, 3.8) is 0 Å². The molecule has 0 saturated heterocycles. The normalized spacial score (nSPS) is 10.4. The maximum absolute atomic E-state index is 8.06. The molecule has 1 N–H and O–H groups in total. The summed E-state index contributed by atoms with van der Waals surface area (Å²) in [6.45, 7) is 5.53. The molecule has 0 heterocycles. The summed E-state index contributed by atoms with van der Waals surface area (Å²) in [7, 11) is 2.68. The number of rotatable bonds is 5. The number of hydrogen-bond donors (Lipinski definition) is 1. The third-order valence-electron chi connectivity index (χ3n) is 1.49. The quantitative estimate of drug-likeness (QED) is 0.749. The van der Waals surface area contributed by atoms with Gasteiger partial charge in [-0.15, -0.1) is 0 Å². The third kappa shape index (κ3) is 11.9. The van der Waals surface area contributed by atoms with E-state index in [4.69, 9.17) is 18.4 Å². The first-order valence-corrected chi connectivity index (χ1v) is 6.74. The van der Waals surface area contributed by atoms with Crippen LogP contribution < -0.4 is 0 Å². The average Bonchev–Trinajstić information content (AvgIpc) is 2.14. The predicted molar refractivity (Wildman–Crippen MR) is 61.7 cm³/mol. The van der Waals surface area contributed by atoms with Crippen LogP contribution in [-0.2, 0) is 13.3 Å². The zero-order chi connectivity index (χ0) is 11.6. The molecule has 0 aromatic rings. The fourth-order valence-electron chi connectivity index (χ4n) is 0.862. The molecule has 0 aliphatic carbocycles. The van der Waals surface area contributed by atoms with Crippen LogP contribution in [0.5, 0.6) is 0 Å². The van der Waals surface area contributed by atoms with Crippen molar-refractivity contribution in [1.29, 1.82) is 0 Å². The van der Waals surface area contributed by atoms with Crippen LogP contribution in [0, 0.1) is 0 Å². The molecule has 0 aliphatic rings. The number of hydrogen-bond acceptors (Lipinski definition) is 4. The van der Waals surface area contributed by atoms with Gasteiger partial charge in [0.25, 0.3) is 0 Å². The Labute approximate surface area is 93.3 Å². The molecule has 0 bridgehead atoms. The van der Waals surface area contributed by atoms with E-state index in [-0.39, 0.29) is 10.8 Å². The second-order valence-corrected chi connectivity index (χ2v) is 6.23. The molecule has 0 atom stereocenters. The Kier molecular flexibility index (Phi) is 16.4. The highest BCUT2D eigenvalue weighted by atomic mass is 28.4. The smallest absolute Gasteiger partial charge is 0.394 e. The van der Waals surface area contributed by atoms with E-state index in [1.807, 2.05) is 0 Å². The van der Waals surface area contributed by atoms with Crippen LogP contribution in [0.2, 0.25) is 6.04 Å². The van der Waals surface area contributed by atoms with E-state index in [1.54, 1.807) is 35.2 Å². The zero-order valence-corrected chi connectivity index (χ0v) is 11.6. The Morgan fingerprint density at radius 3 is 1.40 bits per heavy atom. The number of aliphatic hydroxyl groups is 1. The molecule has 0 aliphatic heterocycles. The van der Waals surface area contributed by atoms with Gasteiger partial charge in [0.15, 0.2) is 0 Å². The molecule has 0 rings (SSSR count). The lowest BCUT2D eigenvalue weighted by Crippen LogP contribution is -2.42. The summed E-state index contributed by atoms with van der Waals surface area (Å²) in [5.74, 6) is 0. The molecule has 0 amide bonds. The summed E-state index contributed by atoms with van der Waals surface area (Å²) < 4.78 is 15.5. The van der Waals surface area contributed by atoms with E-state index in [1.165, 1.54) is 0 Å². The molecular formula is C9H25FO4Si. The first-order valence-electron chi connectivity index (χ1n) is 4.81. The fourth-order valence-corrected chi connectivity index (χ4v) is 2.59. The molecule has 0 aromatic carbocycles. The minimum atomic E-state index is -2.22. The number of aliphatic hydroxyl groups excluding tert-OH is 1. The highest BCUT2D eigenvalue weighted by Crippen LogP contribution is 2.13. The average molecular weight is 244 g/mol. The van der Waals surface area contributed by atoms with Gasteiger partial charge >= 0.3 is 8.80 Å². The van der Waals surface area contributed by atoms with E-state index in [0.717, 1.165) is 12.5 Å². The Balaban J connectivity index is -0.000000249. The van der Waals surface area contributed by atoms with Gasteiger partial charge in [-0.25, -0.2) is 0 Å². The Hall–Kier alpha value is -0.0131. The molecule has 0 saturated carbocycles. The van der Waals surface area contributed by atoms with Gasteiger partial charge in [-0.1, -0.05) is 13.3 Å². The number of halogens is 1. The lowest BCUT2D eigenvalue weighted by Gasteiger charge is -2.23. The van der Waals surface area contributed by atoms with Gasteiger partial charge in [-0.2, -0.15) is 0 Å². The zero-order valence-electron chi connectivity index (χ0n) is 10.6. The highest BCUT2D eigenvalue weighted by Gasteiger charge is 2.36. The Bertz CT molecular complexity index is 110. The summed E-state index contributed by atoms with van der Waals surface area (Å²) in [4.78, 5) is 0. The van der Waals surface area contributed by atoms with Gasteiger partial charge < -0.3 is 18.4 Å². The maximum Gasteiger partial charge on any atom is 0.500 e. The molecule has 0 spiro atoms. The molecule has 6 heteroatoms. The lowest BCUT2D eigenvalue weighted by atomic mass is 10.5. The largest absolute Gasteiger partial charge is 0.500 e. The molecule has 96 valence electrons. The van der Waals surface area contributed by atoms with Crippen molar-refractivity contribution in [2.75, 3.05) is 21.3 Å². The van der Waals surface area contributed by atoms with Gasteiger partial charge in [0, 0.05) is 33.5 Å². The Morgan fingerprint density at radius 1 is 1.07 bits per heavy atom. The van der Waals surface area contributed by atoms with E-state index in [0.29, 0.717) is 0 Å². The molecule has 0 fully saturated rings. The van der Waals surface area contributed by atoms with Crippen LogP contribution in [0.3, 0.4) is 0 Å². The predicted octanol–water partition coefficient (Wildman–Crippen LogP) is 1.81. The molecule has 0 radical (unpaired) electrons. The van der Waals surface area contributed by atoms with Crippen LogP contribution in [0.25, 0.3) is 0 Å².